The predicted octanol–water partition coefficient (Wildman–Crippen LogP) is 0.198. The molecule has 1 rings (SSSR count). The van der Waals surface area contributed by atoms with Gasteiger partial charge >= 0.3 is 0 Å². The molecule has 0 aromatic heterocycles. The zero-order valence-electron chi connectivity index (χ0n) is 11.9. The lowest BCUT2D eigenvalue weighted by Gasteiger charge is -2.32. The molecule has 2 unspecified atom stereocenters. The Morgan fingerprint density at radius 3 is 2.89 bits per heavy atom. The van der Waals surface area contributed by atoms with Crippen molar-refractivity contribution in [3.63, 3.8) is 0 Å². The van der Waals surface area contributed by atoms with Crippen LogP contribution in [-0.4, -0.2) is 56.2 Å². The van der Waals surface area contributed by atoms with Gasteiger partial charge in [-0.25, -0.2) is 0 Å². The Labute approximate surface area is 110 Å². The van der Waals surface area contributed by atoms with Crippen LogP contribution in [0.15, 0.2) is 0 Å². The van der Waals surface area contributed by atoms with Gasteiger partial charge in [-0.05, 0) is 38.8 Å². The average Bonchev–Trinajstić information content (AvgIpc) is 2.74. The highest BCUT2D eigenvalue weighted by molar-refractivity contribution is 5.84. The van der Waals surface area contributed by atoms with Gasteiger partial charge in [0.1, 0.15) is 5.54 Å². The second-order valence-electron chi connectivity index (χ2n) is 5.47. The van der Waals surface area contributed by atoms with E-state index in [0.717, 1.165) is 39.1 Å². The molecule has 5 heteroatoms. The molecular weight excluding hydrogens is 230 g/mol. The topological polar surface area (TPSA) is 67.6 Å². The zero-order valence-corrected chi connectivity index (χ0v) is 11.9. The van der Waals surface area contributed by atoms with Crippen LogP contribution in [0.4, 0.5) is 0 Å². The van der Waals surface area contributed by atoms with Crippen LogP contribution >= 0.6 is 0 Å². The number of carbonyl (C=O) groups is 1. The SMILES string of the molecule is CCCNC(C)(CN1CCC(COC)C1)C(N)=O. The minimum atomic E-state index is -0.627. The summed E-state index contributed by atoms with van der Waals surface area (Å²) in [5.41, 5.74) is 4.90. The molecule has 0 spiro atoms. The molecule has 1 aliphatic heterocycles. The average molecular weight is 257 g/mol. The Bertz CT molecular complexity index is 273. The lowest BCUT2D eigenvalue weighted by molar-refractivity contribution is -0.124. The smallest absolute Gasteiger partial charge is 0.238 e. The molecule has 1 fully saturated rings. The van der Waals surface area contributed by atoms with E-state index in [1.807, 2.05) is 6.92 Å². The van der Waals surface area contributed by atoms with E-state index in [1.54, 1.807) is 7.11 Å². The standard InChI is InChI=1S/C13H27N3O2/c1-4-6-15-13(2,12(14)17)10-16-7-5-11(8-16)9-18-3/h11,15H,4-10H2,1-3H3,(H2,14,17). The van der Waals surface area contributed by atoms with Crippen LogP contribution in [0, 0.1) is 5.92 Å². The van der Waals surface area contributed by atoms with Gasteiger partial charge in [-0.15, -0.1) is 0 Å². The molecule has 0 saturated carbocycles. The molecule has 18 heavy (non-hydrogen) atoms. The summed E-state index contributed by atoms with van der Waals surface area (Å²) in [6.07, 6.45) is 2.13. The van der Waals surface area contributed by atoms with Crippen molar-refractivity contribution in [3.8, 4) is 0 Å². The quantitative estimate of drug-likeness (QED) is 0.652. The van der Waals surface area contributed by atoms with Crippen molar-refractivity contribution in [1.82, 2.24) is 10.2 Å². The van der Waals surface area contributed by atoms with E-state index in [1.165, 1.54) is 0 Å². The second kappa shape index (κ2) is 7.07. The van der Waals surface area contributed by atoms with E-state index < -0.39 is 5.54 Å². The maximum atomic E-state index is 11.6. The number of ether oxygens (including phenoxy) is 1. The number of carbonyl (C=O) groups excluding carboxylic acids is 1. The number of primary amides is 1. The van der Waals surface area contributed by atoms with Crippen molar-refractivity contribution >= 4 is 5.91 Å². The van der Waals surface area contributed by atoms with Gasteiger partial charge in [0.05, 0.1) is 6.61 Å². The summed E-state index contributed by atoms with van der Waals surface area (Å²) in [7, 11) is 1.74. The van der Waals surface area contributed by atoms with Crippen molar-refractivity contribution < 1.29 is 9.53 Å². The summed E-state index contributed by atoms with van der Waals surface area (Å²) in [4.78, 5) is 13.9. The first-order chi connectivity index (χ1) is 8.51. The number of methoxy groups -OCH3 is 1. The Morgan fingerprint density at radius 2 is 2.33 bits per heavy atom. The van der Waals surface area contributed by atoms with E-state index in [0.29, 0.717) is 12.5 Å². The molecule has 1 saturated heterocycles. The fourth-order valence-electron chi connectivity index (χ4n) is 2.50. The number of rotatable bonds is 8. The van der Waals surface area contributed by atoms with Crippen molar-refractivity contribution in [2.75, 3.05) is 39.9 Å². The number of nitrogens with one attached hydrogen (secondary N) is 1. The molecule has 0 radical (unpaired) electrons. The first kappa shape index (κ1) is 15.4. The van der Waals surface area contributed by atoms with E-state index in [9.17, 15) is 4.79 Å². The summed E-state index contributed by atoms with van der Waals surface area (Å²) in [6, 6.07) is 0. The Balaban J connectivity index is 2.49. The van der Waals surface area contributed by atoms with Gasteiger partial charge in [-0.2, -0.15) is 0 Å². The van der Waals surface area contributed by atoms with Crippen LogP contribution in [0.5, 0.6) is 0 Å². The highest BCUT2D eigenvalue weighted by atomic mass is 16.5. The van der Waals surface area contributed by atoms with Gasteiger partial charge in [0.15, 0.2) is 0 Å². The summed E-state index contributed by atoms with van der Waals surface area (Å²) in [5.74, 6) is 0.310. The molecule has 3 N–H and O–H groups in total. The number of amides is 1. The van der Waals surface area contributed by atoms with Gasteiger partial charge in [0.25, 0.3) is 0 Å². The number of nitrogens with zero attached hydrogens (tertiary/aromatic N) is 1. The first-order valence-electron chi connectivity index (χ1n) is 6.78. The van der Waals surface area contributed by atoms with Crippen molar-refractivity contribution in [1.29, 1.82) is 0 Å². The molecule has 5 nitrogen and oxygen atoms in total. The summed E-state index contributed by atoms with van der Waals surface area (Å²) in [5, 5.41) is 3.27. The van der Waals surface area contributed by atoms with Crippen LogP contribution < -0.4 is 11.1 Å². The minimum Gasteiger partial charge on any atom is -0.384 e. The molecule has 0 aromatic rings. The van der Waals surface area contributed by atoms with Crippen molar-refractivity contribution in [3.05, 3.63) is 0 Å². The Morgan fingerprint density at radius 1 is 1.61 bits per heavy atom. The first-order valence-corrected chi connectivity index (χ1v) is 6.78. The molecule has 0 aromatic carbocycles. The summed E-state index contributed by atoms with van der Waals surface area (Å²) < 4.78 is 5.18. The van der Waals surface area contributed by atoms with Crippen molar-refractivity contribution in [2.45, 2.75) is 32.2 Å². The summed E-state index contributed by atoms with van der Waals surface area (Å²) >= 11 is 0. The third-order valence-electron chi connectivity index (χ3n) is 3.62. The van der Waals surface area contributed by atoms with Crippen LogP contribution in [0.2, 0.25) is 0 Å². The van der Waals surface area contributed by atoms with Gasteiger partial charge in [0.2, 0.25) is 5.91 Å². The van der Waals surface area contributed by atoms with Crippen LogP contribution in [0.1, 0.15) is 26.7 Å². The summed E-state index contributed by atoms with van der Waals surface area (Å²) in [6.45, 7) is 8.28. The fraction of sp³-hybridized carbons (Fsp3) is 0.923. The Hall–Kier alpha value is -0.650. The third-order valence-corrected chi connectivity index (χ3v) is 3.62. The molecule has 1 aliphatic rings. The zero-order chi connectivity index (χ0) is 13.6. The van der Waals surface area contributed by atoms with Crippen LogP contribution in [0.25, 0.3) is 0 Å². The highest BCUT2D eigenvalue weighted by Gasteiger charge is 2.35. The van der Waals surface area contributed by atoms with E-state index >= 15 is 0 Å². The third kappa shape index (κ3) is 4.23. The lowest BCUT2D eigenvalue weighted by Crippen LogP contribution is -2.59. The van der Waals surface area contributed by atoms with Gasteiger partial charge < -0.3 is 20.7 Å². The molecule has 0 aliphatic carbocycles. The molecule has 1 heterocycles. The second-order valence-corrected chi connectivity index (χ2v) is 5.47. The van der Waals surface area contributed by atoms with E-state index in [-0.39, 0.29) is 5.91 Å². The Kier molecular flexibility index (Phi) is 6.05. The molecule has 0 bridgehead atoms. The van der Waals surface area contributed by atoms with Crippen LogP contribution in [0.3, 0.4) is 0 Å². The van der Waals surface area contributed by atoms with Gasteiger partial charge in [0, 0.05) is 20.2 Å². The highest BCUT2D eigenvalue weighted by Crippen LogP contribution is 2.19. The number of hydrogen-bond acceptors (Lipinski definition) is 4. The van der Waals surface area contributed by atoms with E-state index in [2.05, 4.69) is 17.1 Å². The lowest BCUT2D eigenvalue weighted by atomic mass is 10.0. The van der Waals surface area contributed by atoms with Crippen molar-refractivity contribution in [2.24, 2.45) is 11.7 Å². The fourth-order valence-corrected chi connectivity index (χ4v) is 2.50. The van der Waals surface area contributed by atoms with Gasteiger partial charge in [-0.3, -0.25) is 4.79 Å². The molecule has 106 valence electrons. The predicted molar refractivity (Wildman–Crippen MR) is 72.3 cm³/mol. The van der Waals surface area contributed by atoms with Gasteiger partial charge in [-0.1, -0.05) is 6.92 Å². The van der Waals surface area contributed by atoms with E-state index in [4.69, 9.17) is 10.5 Å². The number of likely N-dealkylation sites (tertiary alicyclic amines) is 1. The molecule has 1 amide bonds. The maximum absolute atomic E-state index is 11.6. The maximum Gasteiger partial charge on any atom is 0.238 e. The normalized spacial score (nSPS) is 24.1. The monoisotopic (exact) mass is 257 g/mol. The minimum absolute atomic E-state index is 0.272. The number of hydrogen-bond donors (Lipinski definition) is 2. The van der Waals surface area contributed by atoms with Crippen LogP contribution in [-0.2, 0) is 9.53 Å². The molecule has 2 atom stereocenters. The number of nitrogens with two attached hydrogens (primary N) is 1. The largest absolute Gasteiger partial charge is 0.384 e. The molecular formula is C13H27N3O2.